The number of hydrogen-bond acceptors (Lipinski definition) is 2. The third-order valence-electron chi connectivity index (χ3n) is 3.83. The molecule has 0 saturated carbocycles. The highest BCUT2D eigenvalue weighted by molar-refractivity contribution is 5.85. The van der Waals surface area contributed by atoms with Crippen LogP contribution in [0.25, 0.3) is 11.1 Å². The molecule has 2 aromatic rings. The van der Waals surface area contributed by atoms with Gasteiger partial charge < -0.3 is 5.11 Å². The summed E-state index contributed by atoms with van der Waals surface area (Å²) in [6.45, 7) is 3.55. The van der Waals surface area contributed by atoms with Crippen LogP contribution in [-0.4, -0.2) is 11.1 Å². The molecule has 1 unspecified atom stereocenters. The monoisotopic (exact) mass is 309 g/mol. The summed E-state index contributed by atoms with van der Waals surface area (Å²) in [5.74, 6) is -1.83. The van der Waals surface area contributed by atoms with Crippen LogP contribution in [-0.2, 0) is 10.2 Å². The molecule has 0 bridgehead atoms. The van der Waals surface area contributed by atoms with Crippen molar-refractivity contribution in [1.29, 1.82) is 5.26 Å². The Morgan fingerprint density at radius 1 is 1.30 bits per heavy atom. The highest BCUT2D eigenvalue weighted by Gasteiger charge is 2.40. The first-order valence-corrected chi connectivity index (χ1v) is 7.16. The van der Waals surface area contributed by atoms with E-state index in [1.165, 1.54) is 12.1 Å². The zero-order chi connectivity index (χ0) is 16.9. The van der Waals surface area contributed by atoms with Gasteiger partial charge in [0, 0.05) is 5.56 Å². The van der Waals surface area contributed by atoms with Crippen LogP contribution in [0.5, 0.6) is 0 Å². The Balaban J connectivity index is 2.51. The van der Waals surface area contributed by atoms with Crippen LogP contribution in [0.1, 0.15) is 18.4 Å². The standard InChI is InChI=1S/C19H16FNO2/c1-2-3-11-19(13-21,18(22)23)15-9-10-16(17(20)12-15)14-7-5-4-6-8-14/h2,4-10,12H,1,3,11H2,(H,22,23). The Morgan fingerprint density at radius 3 is 2.52 bits per heavy atom. The number of carboxylic acid groups (broad SMARTS) is 1. The molecule has 116 valence electrons. The molecule has 0 spiro atoms. The van der Waals surface area contributed by atoms with Crippen LogP contribution < -0.4 is 0 Å². The number of benzene rings is 2. The van der Waals surface area contributed by atoms with Crippen molar-refractivity contribution in [3.63, 3.8) is 0 Å². The van der Waals surface area contributed by atoms with Crippen LogP contribution in [0.2, 0.25) is 0 Å². The van der Waals surface area contributed by atoms with Gasteiger partial charge in [-0.1, -0.05) is 48.5 Å². The SMILES string of the molecule is C=CCCC(C#N)(C(=O)O)c1ccc(-c2ccccc2)c(F)c1. The minimum absolute atomic E-state index is 0.0481. The Bertz CT molecular complexity index is 765. The molecule has 0 fully saturated rings. The van der Waals surface area contributed by atoms with Crippen molar-refractivity contribution in [1.82, 2.24) is 0 Å². The Hall–Kier alpha value is -2.93. The number of nitriles is 1. The number of carbonyl (C=O) groups is 1. The Kier molecular flexibility index (Phi) is 4.92. The fourth-order valence-corrected chi connectivity index (χ4v) is 2.49. The molecule has 0 saturated heterocycles. The first-order chi connectivity index (χ1) is 11.0. The third kappa shape index (κ3) is 3.14. The van der Waals surface area contributed by atoms with Gasteiger partial charge >= 0.3 is 5.97 Å². The fraction of sp³-hybridized carbons (Fsp3) is 0.158. The van der Waals surface area contributed by atoms with Crippen molar-refractivity contribution in [2.45, 2.75) is 18.3 Å². The van der Waals surface area contributed by atoms with E-state index in [0.717, 1.165) is 6.07 Å². The van der Waals surface area contributed by atoms with E-state index in [0.29, 0.717) is 17.5 Å². The van der Waals surface area contributed by atoms with Gasteiger partial charge in [-0.2, -0.15) is 5.26 Å². The summed E-state index contributed by atoms with van der Waals surface area (Å²) in [4.78, 5) is 11.6. The predicted molar refractivity (Wildman–Crippen MR) is 86.2 cm³/mol. The predicted octanol–water partition coefficient (Wildman–Crippen LogP) is 4.30. The van der Waals surface area contributed by atoms with Gasteiger partial charge in [0.2, 0.25) is 0 Å². The van der Waals surface area contributed by atoms with E-state index in [-0.39, 0.29) is 12.0 Å². The van der Waals surface area contributed by atoms with E-state index in [4.69, 9.17) is 0 Å². The van der Waals surface area contributed by atoms with Crippen molar-refractivity contribution >= 4 is 5.97 Å². The zero-order valence-electron chi connectivity index (χ0n) is 12.5. The fourth-order valence-electron chi connectivity index (χ4n) is 2.49. The molecule has 0 amide bonds. The first kappa shape index (κ1) is 16.4. The van der Waals surface area contributed by atoms with E-state index in [2.05, 4.69) is 6.58 Å². The molecule has 0 aliphatic carbocycles. The first-order valence-electron chi connectivity index (χ1n) is 7.16. The minimum Gasteiger partial charge on any atom is -0.480 e. The molecule has 0 aliphatic rings. The molecule has 0 aromatic heterocycles. The molecule has 0 heterocycles. The molecule has 0 radical (unpaired) electrons. The summed E-state index contributed by atoms with van der Waals surface area (Å²) in [7, 11) is 0. The van der Waals surface area contributed by atoms with Crippen molar-refractivity contribution in [3.05, 3.63) is 72.6 Å². The molecule has 3 nitrogen and oxygen atoms in total. The molecule has 1 atom stereocenters. The smallest absolute Gasteiger partial charge is 0.328 e. The van der Waals surface area contributed by atoms with Crippen LogP contribution in [0, 0.1) is 17.1 Å². The minimum atomic E-state index is -1.77. The normalized spacial score (nSPS) is 12.9. The zero-order valence-corrected chi connectivity index (χ0v) is 12.5. The average molecular weight is 309 g/mol. The molecule has 1 N–H and O–H groups in total. The summed E-state index contributed by atoms with van der Waals surface area (Å²) in [6, 6.07) is 15.0. The van der Waals surface area contributed by atoms with Crippen molar-refractivity contribution in [2.24, 2.45) is 0 Å². The molecule has 2 aromatic carbocycles. The lowest BCUT2D eigenvalue weighted by Crippen LogP contribution is -2.34. The largest absolute Gasteiger partial charge is 0.480 e. The van der Waals surface area contributed by atoms with Gasteiger partial charge in [0.25, 0.3) is 0 Å². The highest BCUT2D eigenvalue weighted by atomic mass is 19.1. The van der Waals surface area contributed by atoms with Crippen molar-refractivity contribution in [2.75, 3.05) is 0 Å². The van der Waals surface area contributed by atoms with Crippen LogP contribution in [0.15, 0.2) is 61.2 Å². The lowest BCUT2D eigenvalue weighted by molar-refractivity contribution is -0.141. The summed E-state index contributed by atoms with van der Waals surface area (Å²) in [5, 5.41) is 18.9. The Labute approximate surface area is 134 Å². The molecule has 4 heteroatoms. The van der Waals surface area contributed by atoms with Gasteiger partial charge in [0.15, 0.2) is 5.41 Å². The number of rotatable bonds is 6. The number of hydrogen-bond donors (Lipinski definition) is 1. The summed E-state index contributed by atoms with van der Waals surface area (Å²) >= 11 is 0. The molecular formula is C19H16FNO2. The van der Waals surface area contributed by atoms with E-state index in [1.54, 1.807) is 30.3 Å². The maximum absolute atomic E-state index is 14.5. The van der Waals surface area contributed by atoms with Gasteiger partial charge in [0.1, 0.15) is 5.82 Å². The summed E-state index contributed by atoms with van der Waals surface area (Å²) in [5.41, 5.74) is -0.563. The quantitative estimate of drug-likeness (QED) is 0.809. The maximum atomic E-state index is 14.5. The topological polar surface area (TPSA) is 61.1 Å². The van der Waals surface area contributed by atoms with Crippen LogP contribution in [0.4, 0.5) is 4.39 Å². The van der Waals surface area contributed by atoms with Crippen LogP contribution in [0.3, 0.4) is 0 Å². The van der Waals surface area contributed by atoms with Gasteiger partial charge in [-0.15, -0.1) is 6.58 Å². The van der Waals surface area contributed by atoms with Gasteiger partial charge in [-0.25, -0.2) is 4.39 Å². The van der Waals surface area contributed by atoms with E-state index >= 15 is 0 Å². The molecule has 2 rings (SSSR count). The van der Waals surface area contributed by atoms with Gasteiger partial charge in [-0.05, 0) is 30.0 Å². The number of carboxylic acids is 1. The van der Waals surface area contributed by atoms with E-state index in [9.17, 15) is 19.6 Å². The highest BCUT2D eigenvalue weighted by Crippen LogP contribution is 2.33. The third-order valence-corrected chi connectivity index (χ3v) is 3.83. The summed E-state index contributed by atoms with van der Waals surface area (Å²) < 4.78 is 14.5. The lowest BCUT2D eigenvalue weighted by Gasteiger charge is -2.22. The Morgan fingerprint density at radius 2 is 2.00 bits per heavy atom. The maximum Gasteiger partial charge on any atom is 0.328 e. The second-order valence-electron chi connectivity index (χ2n) is 5.21. The van der Waals surface area contributed by atoms with Crippen molar-refractivity contribution < 1.29 is 14.3 Å². The lowest BCUT2D eigenvalue weighted by atomic mass is 9.77. The number of nitrogens with zero attached hydrogens (tertiary/aromatic N) is 1. The van der Waals surface area contributed by atoms with Crippen molar-refractivity contribution in [3.8, 4) is 17.2 Å². The molecule has 23 heavy (non-hydrogen) atoms. The summed E-state index contributed by atoms with van der Waals surface area (Å²) in [6.07, 6.45) is 1.94. The number of halogens is 1. The average Bonchev–Trinajstić information content (AvgIpc) is 2.56. The number of aliphatic carboxylic acids is 1. The second-order valence-corrected chi connectivity index (χ2v) is 5.21. The molecular weight excluding hydrogens is 293 g/mol. The number of allylic oxidation sites excluding steroid dienone is 1. The second kappa shape index (κ2) is 6.89. The van der Waals surface area contributed by atoms with E-state index < -0.39 is 17.2 Å². The van der Waals surface area contributed by atoms with Crippen LogP contribution >= 0.6 is 0 Å². The van der Waals surface area contributed by atoms with Gasteiger partial charge in [0.05, 0.1) is 6.07 Å². The van der Waals surface area contributed by atoms with E-state index in [1.807, 2.05) is 12.1 Å². The van der Waals surface area contributed by atoms with Gasteiger partial charge in [-0.3, -0.25) is 4.79 Å². The molecule has 0 aliphatic heterocycles.